The molecule has 0 bridgehead atoms. The minimum Gasteiger partial charge on any atom is -0.0616 e. The van der Waals surface area contributed by atoms with E-state index >= 15 is 0 Å². The summed E-state index contributed by atoms with van der Waals surface area (Å²) >= 11 is 3.68. The number of rotatable bonds is 3. The second-order valence-electron chi connectivity index (χ2n) is 9.45. The zero-order chi connectivity index (χ0) is 24.8. The molecule has 0 aliphatic rings. The Morgan fingerprint density at radius 1 is 0.351 bits per heavy atom. The molecule has 0 aliphatic carbocycles. The number of benzene rings is 7. The molecule has 174 valence electrons. The Morgan fingerprint density at radius 2 is 0.838 bits per heavy atom. The summed E-state index contributed by atoms with van der Waals surface area (Å²) in [5.74, 6) is 0. The number of hydrogen-bond donors (Lipinski definition) is 0. The standard InChI is InChI=1S/C36H23Br/c37-27-14-5-13-26(23-27)30-21-22-35(32-18-7-12-25-10-2-4-16-29(25)32)36-33(30)19-8-20-34(36)31-17-6-11-24-9-1-3-15-28(24)31/h1-23H. The Bertz CT molecular complexity index is 1850. The van der Waals surface area contributed by atoms with Crippen molar-refractivity contribution in [1.82, 2.24) is 0 Å². The Hall–Kier alpha value is -4.20. The molecule has 7 rings (SSSR count). The normalized spacial score (nSPS) is 11.4. The average Bonchev–Trinajstić information content (AvgIpc) is 2.96. The van der Waals surface area contributed by atoms with Crippen LogP contribution in [-0.4, -0.2) is 0 Å². The van der Waals surface area contributed by atoms with Crippen molar-refractivity contribution in [2.24, 2.45) is 0 Å². The maximum atomic E-state index is 3.68. The van der Waals surface area contributed by atoms with Crippen LogP contribution in [-0.2, 0) is 0 Å². The van der Waals surface area contributed by atoms with Crippen LogP contribution < -0.4 is 0 Å². The Kier molecular flexibility index (Phi) is 5.38. The molecule has 0 atom stereocenters. The van der Waals surface area contributed by atoms with E-state index in [0.29, 0.717) is 0 Å². The van der Waals surface area contributed by atoms with E-state index in [1.165, 1.54) is 65.7 Å². The lowest BCUT2D eigenvalue weighted by molar-refractivity contribution is 1.61. The highest BCUT2D eigenvalue weighted by Crippen LogP contribution is 2.44. The van der Waals surface area contributed by atoms with Crippen LogP contribution in [0.3, 0.4) is 0 Å². The van der Waals surface area contributed by atoms with Crippen LogP contribution in [0.4, 0.5) is 0 Å². The van der Waals surface area contributed by atoms with Crippen LogP contribution in [0.25, 0.3) is 65.7 Å². The molecule has 0 spiro atoms. The van der Waals surface area contributed by atoms with Crippen molar-refractivity contribution in [2.45, 2.75) is 0 Å². The van der Waals surface area contributed by atoms with Crippen molar-refractivity contribution in [1.29, 1.82) is 0 Å². The SMILES string of the molecule is Brc1cccc(-c2ccc(-c3cccc4ccccc34)c3c(-c4cccc5ccccc45)cccc23)c1. The molecule has 0 unspecified atom stereocenters. The van der Waals surface area contributed by atoms with Gasteiger partial charge in [-0.3, -0.25) is 0 Å². The minimum atomic E-state index is 1.08. The second kappa shape index (κ2) is 9.03. The molecule has 0 fully saturated rings. The van der Waals surface area contributed by atoms with Crippen molar-refractivity contribution >= 4 is 48.2 Å². The summed E-state index contributed by atoms with van der Waals surface area (Å²) < 4.78 is 1.08. The summed E-state index contributed by atoms with van der Waals surface area (Å²) in [7, 11) is 0. The first-order valence-corrected chi connectivity index (χ1v) is 13.4. The van der Waals surface area contributed by atoms with Crippen molar-refractivity contribution in [3.63, 3.8) is 0 Å². The third-order valence-electron chi connectivity index (χ3n) is 7.34. The first kappa shape index (κ1) is 22.0. The molecule has 0 radical (unpaired) electrons. The summed E-state index contributed by atoms with van der Waals surface area (Å²) in [6, 6.07) is 50.6. The molecule has 7 aromatic rings. The minimum absolute atomic E-state index is 1.08. The van der Waals surface area contributed by atoms with Crippen molar-refractivity contribution in [2.75, 3.05) is 0 Å². The molecular formula is C36H23Br. The van der Waals surface area contributed by atoms with Crippen molar-refractivity contribution < 1.29 is 0 Å². The lowest BCUT2D eigenvalue weighted by Gasteiger charge is -2.18. The van der Waals surface area contributed by atoms with E-state index in [1.54, 1.807) is 0 Å². The zero-order valence-corrected chi connectivity index (χ0v) is 21.7. The molecule has 0 amide bonds. The quantitative estimate of drug-likeness (QED) is 0.211. The van der Waals surface area contributed by atoms with Gasteiger partial charge < -0.3 is 0 Å². The van der Waals surface area contributed by atoms with Gasteiger partial charge in [0.2, 0.25) is 0 Å². The van der Waals surface area contributed by atoms with Gasteiger partial charge in [-0.25, -0.2) is 0 Å². The third-order valence-corrected chi connectivity index (χ3v) is 7.83. The predicted molar refractivity (Wildman–Crippen MR) is 163 cm³/mol. The molecule has 0 aliphatic heterocycles. The van der Waals surface area contributed by atoms with E-state index in [9.17, 15) is 0 Å². The fraction of sp³-hybridized carbons (Fsp3) is 0. The van der Waals surface area contributed by atoms with Gasteiger partial charge in [0.1, 0.15) is 0 Å². The highest BCUT2D eigenvalue weighted by Gasteiger charge is 2.17. The van der Waals surface area contributed by atoms with Crippen LogP contribution in [0.2, 0.25) is 0 Å². The average molecular weight is 535 g/mol. The molecule has 0 saturated carbocycles. The van der Waals surface area contributed by atoms with Gasteiger partial charge in [-0.05, 0) is 77.8 Å². The highest BCUT2D eigenvalue weighted by molar-refractivity contribution is 9.10. The molecule has 0 aromatic heterocycles. The zero-order valence-electron chi connectivity index (χ0n) is 20.2. The molecule has 37 heavy (non-hydrogen) atoms. The lowest BCUT2D eigenvalue weighted by atomic mass is 9.85. The van der Waals surface area contributed by atoms with E-state index in [1.807, 2.05) is 0 Å². The van der Waals surface area contributed by atoms with E-state index in [4.69, 9.17) is 0 Å². The van der Waals surface area contributed by atoms with E-state index in [2.05, 4.69) is 155 Å². The van der Waals surface area contributed by atoms with Gasteiger partial charge in [0.15, 0.2) is 0 Å². The van der Waals surface area contributed by atoms with Crippen LogP contribution in [0, 0.1) is 0 Å². The van der Waals surface area contributed by atoms with Crippen LogP contribution in [0.15, 0.2) is 144 Å². The fourth-order valence-corrected chi connectivity index (χ4v) is 6.08. The largest absolute Gasteiger partial charge is 0.0616 e. The maximum Gasteiger partial charge on any atom is 0.0181 e. The summed E-state index contributed by atoms with van der Waals surface area (Å²) in [6.07, 6.45) is 0. The van der Waals surface area contributed by atoms with Crippen molar-refractivity contribution in [3.05, 3.63) is 144 Å². The Morgan fingerprint density at radius 3 is 1.51 bits per heavy atom. The summed E-state index contributed by atoms with van der Waals surface area (Å²) in [5.41, 5.74) is 7.48. The molecule has 0 saturated heterocycles. The molecule has 1 heteroatoms. The first-order chi connectivity index (χ1) is 18.3. The lowest BCUT2D eigenvalue weighted by Crippen LogP contribution is -1.91. The maximum absolute atomic E-state index is 3.68. The van der Waals surface area contributed by atoms with Gasteiger partial charge in [0.05, 0.1) is 0 Å². The van der Waals surface area contributed by atoms with Crippen LogP contribution in [0.5, 0.6) is 0 Å². The topological polar surface area (TPSA) is 0 Å². The highest BCUT2D eigenvalue weighted by atomic mass is 79.9. The van der Waals surface area contributed by atoms with Gasteiger partial charge in [-0.1, -0.05) is 143 Å². The van der Waals surface area contributed by atoms with Gasteiger partial charge in [-0.2, -0.15) is 0 Å². The molecule has 7 aromatic carbocycles. The Balaban J connectivity index is 1.63. The summed E-state index contributed by atoms with van der Waals surface area (Å²) in [4.78, 5) is 0. The van der Waals surface area contributed by atoms with E-state index in [0.717, 1.165) is 4.47 Å². The fourth-order valence-electron chi connectivity index (χ4n) is 5.68. The molecule has 0 heterocycles. The van der Waals surface area contributed by atoms with Gasteiger partial charge >= 0.3 is 0 Å². The van der Waals surface area contributed by atoms with E-state index in [-0.39, 0.29) is 0 Å². The van der Waals surface area contributed by atoms with Crippen LogP contribution in [0.1, 0.15) is 0 Å². The summed E-state index contributed by atoms with van der Waals surface area (Å²) in [5, 5.41) is 7.60. The van der Waals surface area contributed by atoms with Gasteiger partial charge in [0.25, 0.3) is 0 Å². The van der Waals surface area contributed by atoms with Crippen LogP contribution >= 0.6 is 15.9 Å². The molecular weight excluding hydrogens is 512 g/mol. The summed E-state index contributed by atoms with van der Waals surface area (Å²) in [6.45, 7) is 0. The molecule has 0 N–H and O–H groups in total. The number of fused-ring (bicyclic) bond motifs is 3. The number of halogens is 1. The monoisotopic (exact) mass is 534 g/mol. The van der Waals surface area contributed by atoms with Crippen molar-refractivity contribution in [3.8, 4) is 33.4 Å². The third kappa shape index (κ3) is 3.75. The second-order valence-corrected chi connectivity index (χ2v) is 10.4. The van der Waals surface area contributed by atoms with Gasteiger partial charge in [0, 0.05) is 4.47 Å². The number of hydrogen-bond acceptors (Lipinski definition) is 0. The predicted octanol–water partition coefficient (Wildman–Crippen LogP) is 10.9. The first-order valence-electron chi connectivity index (χ1n) is 12.6. The van der Waals surface area contributed by atoms with Gasteiger partial charge in [-0.15, -0.1) is 0 Å². The van der Waals surface area contributed by atoms with E-state index < -0.39 is 0 Å². The smallest absolute Gasteiger partial charge is 0.0181 e. The molecule has 0 nitrogen and oxygen atoms in total. The Labute approximate surface area is 225 Å².